The van der Waals surface area contributed by atoms with E-state index >= 15 is 0 Å². The van der Waals surface area contributed by atoms with Crippen molar-refractivity contribution >= 4 is 22.5 Å². The van der Waals surface area contributed by atoms with E-state index in [1.54, 1.807) is 12.4 Å². The van der Waals surface area contributed by atoms with Crippen LogP contribution in [0.1, 0.15) is 0 Å². The topological polar surface area (TPSA) is 93.0 Å². The number of anilines is 2. The summed E-state index contributed by atoms with van der Waals surface area (Å²) in [6.07, 6.45) is 3.54. The van der Waals surface area contributed by atoms with Gasteiger partial charge in [0.05, 0.1) is 24.3 Å². The highest BCUT2D eigenvalue weighted by Crippen LogP contribution is 2.34. The highest BCUT2D eigenvalue weighted by molar-refractivity contribution is 6.01. The Morgan fingerprint density at radius 3 is 2.46 bits per heavy atom. The molecular formula is C21H20N6O. The van der Waals surface area contributed by atoms with E-state index in [0.29, 0.717) is 11.5 Å². The fraction of sp³-hybridized carbons (Fsp3) is 0.190. The maximum Gasteiger partial charge on any atom is 0.184 e. The number of fused-ring (bicyclic) bond motifs is 1. The molecule has 1 aliphatic heterocycles. The van der Waals surface area contributed by atoms with Crippen molar-refractivity contribution in [2.24, 2.45) is 0 Å². The molecule has 0 bridgehead atoms. The molecule has 7 nitrogen and oxygen atoms in total. The van der Waals surface area contributed by atoms with Gasteiger partial charge >= 0.3 is 0 Å². The van der Waals surface area contributed by atoms with Gasteiger partial charge in [-0.1, -0.05) is 12.1 Å². The Bertz CT molecular complexity index is 1100. The summed E-state index contributed by atoms with van der Waals surface area (Å²) in [5.74, 6) is 0.517. The molecule has 0 radical (unpaired) electrons. The van der Waals surface area contributed by atoms with Crippen molar-refractivity contribution in [1.82, 2.24) is 20.2 Å². The van der Waals surface area contributed by atoms with E-state index in [4.69, 9.17) is 15.5 Å². The van der Waals surface area contributed by atoms with Crippen LogP contribution >= 0.6 is 0 Å². The molecule has 28 heavy (non-hydrogen) atoms. The van der Waals surface area contributed by atoms with Gasteiger partial charge in [-0.05, 0) is 41.5 Å². The fourth-order valence-electron chi connectivity index (χ4n) is 3.62. The lowest BCUT2D eigenvalue weighted by molar-refractivity contribution is 0.122. The molecule has 1 saturated heterocycles. The predicted molar refractivity (Wildman–Crippen MR) is 110 cm³/mol. The summed E-state index contributed by atoms with van der Waals surface area (Å²) in [4.78, 5) is 11.2. The molecule has 1 aliphatic rings. The maximum absolute atomic E-state index is 6.12. The molecule has 4 heterocycles. The quantitative estimate of drug-likeness (QED) is 0.574. The van der Waals surface area contributed by atoms with Crippen molar-refractivity contribution < 1.29 is 4.74 Å². The molecular weight excluding hydrogens is 352 g/mol. The van der Waals surface area contributed by atoms with Crippen LogP contribution in [0.4, 0.5) is 11.5 Å². The molecule has 3 N–H and O–H groups in total. The molecule has 0 unspecified atom stereocenters. The molecule has 4 aromatic rings. The monoisotopic (exact) mass is 372 g/mol. The number of hydrogen-bond donors (Lipinski definition) is 2. The van der Waals surface area contributed by atoms with Gasteiger partial charge in [-0.2, -0.15) is 5.10 Å². The molecule has 3 aromatic heterocycles. The first-order valence-corrected chi connectivity index (χ1v) is 9.28. The third-order valence-electron chi connectivity index (χ3n) is 5.08. The first-order valence-electron chi connectivity index (χ1n) is 9.28. The maximum atomic E-state index is 6.12. The number of aromatic nitrogens is 4. The Morgan fingerprint density at radius 2 is 1.71 bits per heavy atom. The number of pyridine rings is 2. The van der Waals surface area contributed by atoms with Gasteiger partial charge in [0.2, 0.25) is 0 Å². The number of aromatic amines is 1. The van der Waals surface area contributed by atoms with Crippen LogP contribution in [0, 0.1) is 0 Å². The van der Waals surface area contributed by atoms with Gasteiger partial charge in [-0.3, -0.25) is 10.1 Å². The Hall–Kier alpha value is -3.45. The van der Waals surface area contributed by atoms with Gasteiger partial charge in [-0.15, -0.1) is 0 Å². The van der Waals surface area contributed by atoms with Crippen LogP contribution in [0.5, 0.6) is 0 Å². The minimum atomic E-state index is 0.517. The summed E-state index contributed by atoms with van der Waals surface area (Å²) < 4.78 is 5.44. The zero-order valence-corrected chi connectivity index (χ0v) is 15.3. The fourth-order valence-corrected chi connectivity index (χ4v) is 3.62. The van der Waals surface area contributed by atoms with Gasteiger partial charge in [0.15, 0.2) is 5.65 Å². The molecule has 0 aliphatic carbocycles. The minimum Gasteiger partial charge on any atom is -0.383 e. The standard InChI is InChI=1S/C21H20N6O/c22-20-19-17(14-5-7-23-8-6-14)13-18(24-21(19)26-25-20)15-1-3-16(4-2-15)27-9-11-28-12-10-27/h1-8,13H,9-12H2,(H3,22,24,25,26). The number of benzene rings is 1. The average Bonchev–Trinajstić information content (AvgIpc) is 3.15. The summed E-state index contributed by atoms with van der Waals surface area (Å²) in [6.45, 7) is 3.39. The summed E-state index contributed by atoms with van der Waals surface area (Å²) in [5, 5.41) is 7.96. The zero-order valence-electron chi connectivity index (χ0n) is 15.3. The Balaban J connectivity index is 1.58. The summed E-state index contributed by atoms with van der Waals surface area (Å²) >= 11 is 0. The number of nitrogens with one attached hydrogen (secondary N) is 1. The number of hydrogen-bond acceptors (Lipinski definition) is 6. The molecule has 0 atom stereocenters. The number of morpholine rings is 1. The van der Waals surface area contributed by atoms with Crippen molar-refractivity contribution in [3.8, 4) is 22.4 Å². The molecule has 7 heteroatoms. The first kappa shape index (κ1) is 16.7. The lowest BCUT2D eigenvalue weighted by atomic mass is 10.0. The number of rotatable bonds is 3. The van der Waals surface area contributed by atoms with E-state index in [-0.39, 0.29) is 0 Å². The summed E-state index contributed by atoms with van der Waals surface area (Å²) in [6, 6.07) is 14.5. The zero-order chi connectivity index (χ0) is 18.9. The van der Waals surface area contributed by atoms with Crippen molar-refractivity contribution in [3.63, 3.8) is 0 Å². The summed E-state index contributed by atoms with van der Waals surface area (Å²) in [7, 11) is 0. The Kier molecular flexibility index (Phi) is 4.14. The average molecular weight is 372 g/mol. The second-order valence-electron chi connectivity index (χ2n) is 6.77. The normalized spacial score (nSPS) is 14.5. The van der Waals surface area contributed by atoms with Crippen molar-refractivity contribution in [1.29, 1.82) is 0 Å². The van der Waals surface area contributed by atoms with E-state index in [9.17, 15) is 0 Å². The Morgan fingerprint density at radius 1 is 0.964 bits per heavy atom. The lowest BCUT2D eigenvalue weighted by Gasteiger charge is -2.28. The van der Waals surface area contributed by atoms with Crippen LogP contribution in [0.3, 0.4) is 0 Å². The van der Waals surface area contributed by atoms with E-state index in [2.05, 4.69) is 50.4 Å². The van der Waals surface area contributed by atoms with Crippen LogP contribution < -0.4 is 10.6 Å². The van der Waals surface area contributed by atoms with Gasteiger partial charge in [0, 0.05) is 36.7 Å². The van der Waals surface area contributed by atoms with E-state index in [0.717, 1.165) is 54.1 Å². The van der Waals surface area contributed by atoms with Gasteiger partial charge in [-0.25, -0.2) is 4.98 Å². The van der Waals surface area contributed by atoms with Crippen LogP contribution in [0.25, 0.3) is 33.4 Å². The first-order chi connectivity index (χ1) is 13.8. The number of H-pyrrole nitrogens is 1. The number of nitrogen functional groups attached to an aromatic ring is 1. The molecule has 5 rings (SSSR count). The van der Waals surface area contributed by atoms with Gasteiger partial charge in [0.1, 0.15) is 5.82 Å². The Labute approximate surface area is 162 Å². The number of ether oxygens (including phenoxy) is 1. The molecule has 140 valence electrons. The van der Waals surface area contributed by atoms with E-state index < -0.39 is 0 Å². The summed E-state index contributed by atoms with van der Waals surface area (Å²) in [5.41, 5.74) is 11.8. The van der Waals surface area contributed by atoms with Crippen molar-refractivity contribution in [3.05, 3.63) is 54.9 Å². The molecule has 1 aromatic carbocycles. The molecule has 0 saturated carbocycles. The third kappa shape index (κ3) is 2.95. The SMILES string of the molecule is Nc1[nH]nc2nc(-c3ccc(N4CCOCC4)cc3)cc(-c3ccncc3)c12. The van der Waals surface area contributed by atoms with Gasteiger partial charge in [0.25, 0.3) is 0 Å². The number of nitrogens with two attached hydrogens (primary N) is 1. The predicted octanol–water partition coefficient (Wildman–Crippen LogP) is 3.11. The molecule has 0 amide bonds. The van der Waals surface area contributed by atoms with Gasteiger partial charge < -0.3 is 15.4 Å². The van der Waals surface area contributed by atoms with Crippen molar-refractivity contribution in [2.75, 3.05) is 36.9 Å². The highest BCUT2D eigenvalue weighted by Gasteiger charge is 2.15. The van der Waals surface area contributed by atoms with E-state index in [1.807, 2.05) is 12.1 Å². The van der Waals surface area contributed by atoms with Crippen LogP contribution in [0.2, 0.25) is 0 Å². The van der Waals surface area contributed by atoms with Crippen LogP contribution in [-0.4, -0.2) is 46.5 Å². The number of nitrogens with zero attached hydrogens (tertiary/aromatic N) is 4. The van der Waals surface area contributed by atoms with E-state index in [1.165, 1.54) is 5.69 Å². The largest absolute Gasteiger partial charge is 0.383 e. The highest BCUT2D eigenvalue weighted by atomic mass is 16.5. The molecule has 1 fully saturated rings. The van der Waals surface area contributed by atoms with Crippen LogP contribution in [0.15, 0.2) is 54.9 Å². The lowest BCUT2D eigenvalue weighted by Crippen LogP contribution is -2.36. The molecule has 0 spiro atoms. The third-order valence-corrected chi connectivity index (χ3v) is 5.08. The second kappa shape index (κ2) is 6.94. The van der Waals surface area contributed by atoms with Crippen molar-refractivity contribution in [2.45, 2.75) is 0 Å². The minimum absolute atomic E-state index is 0.517. The smallest absolute Gasteiger partial charge is 0.184 e. The second-order valence-corrected chi connectivity index (χ2v) is 6.77. The van der Waals surface area contributed by atoms with Crippen LogP contribution in [-0.2, 0) is 4.74 Å².